The zero-order valence-corrected chi connectivity index (χ0v) is 9.92. The summed E-state index contributed by atoms with van der Waals surface area (Å²) in [4.78, 5) is 2.34. The van der Waals surface area contributed by atoms with E-state index in [0.29, 0.717) is 11.5 Å². The van der Waals surface area contributed by atoms with E-state index in [0.717, 1.165) is 26.2 Å². The van der Waals surface area contributed by atoms with Crippen molar-refractivity contribution in [2.75, 3.05) is 26.8 Å². The van der Waals surface area contributed by atoms with Gasteiger partial charge in [0.15, 0.2) is 0 Å². The Morgan fingerprint density at radius 1 is 1.43 bits per heavy atom. The fourth-order valence-corrected chi connectivity index (χ4v) is 2.06. The minimum Gasteiger partial charge on any atom is -0.380 e. The molecule has 14 heavy (non-hydrogen) atoms. The lowest BCUT2D eigenvalue weighted by molar-refractivity contribution is 0.00574. The SMILES string of the molecule is CN(CC(C)(C)C)C1COCCC1N. The van der Waals surface area contributed by atoms with Crippen molar-refractivity contribution in [1.29, 1.82) is 0 Å². The maximum atomic E-state index is 6.08. The molecule has 1 aliphatic rings. The van der Waals surface area contributed by atoms with Crippen LogP contribution in [0.25, 0.3) is 0 Å². The Morgan fingerprint density at radius 2 is 2.07 bits per heavy atom. The third-order valence-electron chi connectivity index (χ3n) is 2.67. The molecule has 2 unspecified atom stereocenters. The molecule has 1 heterocycles. The van der Waals surface area contributed by atoms with Gasteiger partial charge in [0.05, 0.1) is 6.61 Å². The van der Waals surface area contributed by atoms with Crippen LogP contribution in [0, 0.1) is 5.41 Å². The first kappa shape index (κ1) is 12.0. The highest BCUT2D eigenvalue weighted by Crippen LogP contribution is 2.18. The molecule has 0 aromatic carbocycles. The highest BCUT2D eigenvalue weighted by Gasteiger charge is 2.28. The molecule has 2 N–H and O–H groups in total. The molecule has 0 radical (unpaired) electrons. The molecule has 1 rings (SSSR count). The third-order valence-corrected chi connectivity index (χ3v) is 2.67. The van der Waals surface area contributed by atoms with Gasteiger partial charge < -0.3 is 10.5 Å². The maximum Gasteiger partial charge on any atom is 0.0636 e. The van der Waals surface area contributed by atoms with Crippen molar-refractivity contribution >= 4 is 0 Å². The molecular weight excluding hydrogens is 176 g/mol. The summed E-state index contributed by atoms with van der Waals surface area (Å²) in [6, 6.07) is 0.666. The second-order valence-corrected chi connectivity index (χ2v) is 5.57. The highest BCUT2D eigenvalue weighted by molar-refractivity contribution is 4.85. The number of hydrogen-bond acceptors (Lipinski definition) is 3. The molecule has 0 spiro atoms. The van der Waals surface area contributed by atoms with Gasteiger partial charge in [0, 0.05) is 25.2 Å². The first-order chi connectivity index (χ1) is 6.40. The van der Waals surface area contributed by atoms with Gasteiger partial charge in [-0.1, -0.05) is 20.8 Å². The summed E-state index contributed by atoms with van der Waals surface area (Å²) < 4.78 is 5.47. The molecule has 1 aliphatic heterocycles. The molecule has 0 bridgehead atoms. The van der Waals surface area contributed by atoms with Crippen LogP contribution in [0.2, 0.25) is 0 Å². The van der Waals surface area contributed by atoms with E-state index < -0.39 is 0 Å². The quantitative estimate of drug-likeness (QED) is 0.725. The van der Waals surface area contributed by atoms with Gasteiger partial charge >= 0.3 is 0 Å². The van der Waals surface area contributed by atoms with Crippen LogP contribution in [-0.4, -0.2) is 43.8 Å². The second kappa shape index (κ2) is 4.60. The van der Waals surface area contributed by atoms with Gasteiger partial charge in [0.2, 0.25) is 0 Å². The first-order valence-corrected chi connectivity index (χ1v) is 5.44. The van der Waals surface area contributed by atoms with E-state index >= 15 is 0 Å². The molecule has 0 saturated carbocycles. The molecule has 0 aromatic rings. The molecule has 84 valence electrons. The van der Waals surface area contributed by atoms with Gasteiger partial charge in [-0.3, -0.25) is 4.90 Å². The molecule has 0 amide bonds. The normalized spacial score (nSPS) is 29.6. The number of rotatable bonds is 2. The van der Waals surface area contributed by atoms with Gasteiger partial charge in [0.1, 0.15) is 0 Å². The Balaban J connectivity index is 2.46. The second-order valence-electron chi connectivity index (χ2n) is 5.57. The average Bonchev–Trinajstić information content (AvgIpc) is 2.01. The smallest absolute Gasteiger partial charge is 0.0636 e. The van der Waals surface area contributed by atoms with Crippen LogP contribution < -0.4 is 5.73 Å². The Kier molecular flexibility index (Phi) is 3.93. The van der Waals surface area contributed by atoms with Crippen LogP contribution in [0.5, 0.6) is 0 Å². The minimum absolute atomic E-state index is 0.274. The summed E-state index contributed by atoms with van der Waals surface area (Å²) in [6.45, 7) is 9.42. The predicted octanol–water partition coefficient (Wildman–Crippen LogP) is 1.08. The van der Waals surface area contributed by atoms with Crippen molar-refractivity contribution in [3.05, 3.63) is 0 Å². The molecule has 0 aliphatic carbocycles. The summed E-state index contributed by atoms with van der Waals surface area (Å²) in [5, 5.41) is 0. The lowest BCUT2D eigenvalue weighted by Crippen LogP contribution is -2.53. The van der Waals surface area contributed by atoms with Crippen molar-refractivity contribution in [2.24, 2.45) is 11.1 Å². The van der Waals surface area contributed by atoms with Crippen molar-refractivity contribution in [2.45, 2.75) is 39.3 Å². The minimum atomic E-state index is 0.274. The molecular formula is C11H24N2O. The summed E-state index contributed by atoms with van der Waals surface area (Å²) in [6.07, 6.45) is 0.985. The van der Waals surface area contributed by atoms with Crippen LogP contribution in [0.1, 0.15) is 27.2 Å². The Morgan fingerprint density at radius 3 is 2.57 bits per heavy atom. The third kappa shape index (κ3) is 3.56. The summed E-state index contributed by atoms with van der Waals surface area (Å²) in [5.41, 5.74) is 6.40. The summed E-state index contributed by atoms with van der Waals surface area (Å²) in [7, 11) is 2.14. The number of hydrogen-bond donors (Lipinski definition) is 1. The average molecular weight is 200 g/mol. The van der Waals surface area contributed by atoms with E-state index in [2.05, 4.69) is 32.7 Å². The van der Waals surface area contributed by atoms with Crippen LogP contribution in [0.4, 0.5) is 0 Å². The lowest BCUT2D eigenvalue weighted by Gasteiger charge is -2.38. The molecule has 2 atom stereocenters. The fraction of sp³-hybridized carbons (Fsp3) is 1.00. The van der Waals surface area contributed by atoms with Crippen molar-refractivity contribution < 1.29 is 4.74 Å². The van der Waals surface area contributed by atoms with Gasteiger partial charge in [-0.05, 0) is 18.9 Å². The summed E-state index contributed by atoms with van der Waals surface area (Å²) in [5.74, 6) is 0. The van der Waals surface area contributed by atoms with Crippen molar-refractivity contribution in [1.82, 2.24) is 4.90 Å². The molecule has 3 nitrogen and oxygen atoms in total. The van der Waals surface area contributed by atoms with E-state index in [9.17, 15) is 0 Å². The zero-order valence-electron chi connectivity index (χ0n) is 9.92. The lowest BCUT2D eigenvalue weighted by atomic mass is 9.94. The monoisotopic (exact) mass is 200 g/mol. The number of ether oxygens (including phenoxy) is 1. The highest BCUT2D eigenvalue weighted by atomic mass is 16.5. The van der Waals surface area contributed by atoms with E-state index in [1.807, 2.05) is 0 Å². The van der Waals surface area contributed by atoms with Gasteiger partial charge in [-0.25, -0.2) is 0 Å². The topological polar surface area (TPSA) is 38.5 Å². The van der Waals surface area contributed by atoms with Crippen LogP contribution >= 0.6 is 0 Å². The Labute approximate surface area is 87.6 Å². The van der Waals surface area contributed by atoms with Gasteiger partial charge in [-0.15, -0.1) is 0 Å². The zero-order chi connectivity index (χ0) is 10.8. The Bertz CT molecular complexity index is 177. The van der Waals surface area contributed by atoms with E-state index in [1.54, 1.807) is 0 Å². The molecule has 1 fully saturated rings. The van der Waals surface area contributed by atoms with Crippen LogP contribution in [0.3, 0.4) is 0 Å². The van der Waals surface area contributed by atoms with Gasteiger partial charge in [0.25, 0.3) is 0 Å². The largest absolute Gasteiger partial charge is 0.380 e. The van der Waals surface area contributed by atoms with Crippen LogP contribution in [0.15, 0.2) is 0 Å². The molecule has 1 saturated heterocycles. The molecule has 3 heteroatoms. The molecule has 0 aromatic heterocycles. The van der Waals surface area contributed by atoms with E-state index in [4.69, 9.17) is 10.5 Å². The van der Waals surface area contributed by atoms with Crippen molar-refractivity contribution in [3.8, 4) is 0 Å². The van der Waals surface area contributed by atoms with E-state index in [-0.39, 0.29) is 6.04 Å². The predicted molar refractivity (Wildman–Crippen MR) is 59.3 cm³/mol. The van der Waals surface area contributed by atoms with Crippen molar-refractivity contribution in [3.63, 3.8) is 0 Å². The first-order valence-electron chi connectivity index (χ1n) is 5.44. The Hall–Kier alpha value is -0.120. The number of nitrogens with two attached hydrogens (primary N) is 1. The number of nitrogens with zero attached hydrogens (tertiary/aromatic N) is 1. The fourth-order valence-electron chi connectivity index (χ4n) is 2.06. The standard InChI is InChI=1S/C11H24N2O/c1-11(2,3)8-13(4)10-7-14-6-5-9(10)12/h9-10H,5-8,12H2,1-4H3. The van der Waals surface area contributed by atoms with Crippen LogP contribution in [-0.2, 0) is 4.74 Å². The van der Waals surface area contributed by atoms with Gasteiger partial charge in [-0.2, -0.15) is 0 Å². The summed E-state index contributed by atoms with van der Waals surface area (Å²) >= 11 is 0. The number of likely N-dealkylation sites (N-methyl/N-ethyl adjacent to an activating group) is 1. The van der Waals surface area contributed by atoms with E-state index in [1.165, 1.54) is 0 Å². The maximum absolute atomic E-state index is 6.08.